The van der Waals surface area contributed by atoms with Crippen LogP contribution in [0.15, 0.2) is 6.07 Å². The first-order valence-electron chi connectivity index (χ1n) is 7.06. The van der Waals surface area contributed by atoms with E-state index in [1.807, 2.05) is 6.07 Å². The highest BCUT2D eigenvalue weighted by Crippen LogP contribution is 2.27. The van der Waals surface area contributed by atoms with Gasteiger partial charge in [-0.15, -0.1) is 0 Å². The molecule has 1 fully saturated rings. The average molecular weight is 241 g/mol. The molecule has 1 N–H and O–H groups in total. The third-order valence-electron chi connectivity index (χ3n) is 4.12. The largest absolute Gasteiger partial charge is 0.366 e. The zero-order valence-electron chi connectivity index (χ0n) is 10.7. The number of hydrogen-bond acceptors (Lipinski definition) is 3. The number of aryl methyl sites for hydroxylation is 2. The average Bonchev–Trinajstić information content (AvgIpc) is 2.86. The Bertz CT molecular complexity index is 481. The van der Waals surface area contributed by atoms with Gasteiger partial charge in [0.25, 0.3) is 0 Å². The second-order valence-corrected chi connectivity index (χ2v) is 5.43. The summed E-state index contributed by atoms with van der Waals surface area (Å²) in [5.74, 6) is 0.824. The molecule has 0 aromatic carbocycles. The molecule has 1 saturated carbocycles. The van der Waals surface area contributed by atoms with Crippen LogP contribution in [0.1, 0.15) is 55.3 Å². The monoisotopic (exact) mass is 241 g/mol. The van der Waals surface area contributed by atoms with E-state index < -0.39 is 0 Å². The van der Waals surface area contributed by atoms with Crippen molar-refractivity contribution in [3.05, 3.63) is 22.9 Å². The molecule has 1 aromatic heterocycles. The van der Waals surface area contributed by atoms with E-state index in [-0.39, 0.29) is 0 Å². The molecule has 0 unspecified atom stereocenters. The van der Waals surface area contributed by atoms with Crippen LogP contribution in [0.25, 0.3) is 0 Å². The molecule has 3 heteroatoms. The van der Waals surface area contributed by atoms with Crippen LogP contribution in [0.2, 0.25) is 0 Å². The van der Waals surface area contributed by atoms with E-state index >= 15 is 0 Å². The van der Waals surface area contributed by atoms with Gasteiger partial charge < -0.3 is 5.32 Å². The van der Waals surface area contributed by atoms with E-state index in [2.05, 4.69) is 16.4 Å². The lowest BCUT2D eigenvalue weighted by molar-refractivity contribution is 0.461. The number of rotatable bonds is 2. The smallest absolute Gasteiger partial charge is 0.144 e. The van der Waals surface area contributed by atoms with Gasteiger partial charge >= 0.3 is 0 Å². The first-order valence-corrected chi connectivity index (χ1v) is 7.06. The molecule has 0 bridgehead atoms. The normalized spacial score (nSPS) is 19.3. The van der Waals surface area contributed by atoms with E-state index in [4.69, 9.17) is 0 Å². The molecule has 0 radical (unpaired) electrons. The minimum atomic E-state index is 0.512. The fraction of sp³-hybridized carbons (Fsp3) is 0.600. The summed E-state index contributed by atoms with van der Waals surface area (Å²) in [6.45, 7) is 0. The zero-order valence-corrected chi connectivity index (χ0v) is 10.7. The predicted molar refractivity (Wildman–Crippen MR) is 71.5 cm³/mol. The van der Waals surface area contributed by atoms with E-state index in [0.29, 0.717) is 6.04 Å². The number of nitrogens with zero attached hydrogens (tertiary/aromatic N) is 2. The highest BCUT2D eigenvalue weighted by Gasteiger charge is 2.19. The van der Waals surface area contributed by atoms with Crippen LogP contribution in [-0.2, 0) is 12.8 Å². The molecule has 3 rings (SSSR count). The highest BCUT2D eigenvalue weighted by atomic mass is 15.0. The van der Waals surface area contributed by atoms with Crippen LogP contribution in [0, 0.1) is 11.3 Å². The molecule has 0 aliphatic heterocycles. The Kier molecular flexibility index (Phi) is 3.19. The summed E-state index contributed by atoms with van der Waals surface area (Å²) in [7, 11) is 0. The second kappa shape index (κ2) is 4.97. The van der Waals surface area contributed by atoms with Gasteiger partial charge in [0.15, 0.2) is 0 Å². The first kappa shape index (κ1) is 11.5. The standard InChI is InChI=1S/C15H19N3/c16-10-12-9-11-5-4-8-14(11)18-15(12)17-13-6-2-1-3-7-13/h9,13H,1-8H2,(H,17,18). The van der Waals surface area contributed by atoms with Gasteiger partial charge in [-0.2, -0.15) is 5.26 Å². The first-order chi connectivity index (χ1) is 8.86. The van der Waals surface area contributed by atoms with Crippen molar-refractivity contribution in [2.75, 3.05) is 5.32 Å². The van der Waals surface area contributed by atoms with Crippen molar-refractivity contribution in [2.45, 2.75) is 57.4 Å². The van der Waals surface area contributed by atoms with Crippen LogP contribution < -0.4 is 5.32 Å². The number of fused-ring (bicyclic) bond motifs is 1. The molecule has 18 heavy (non-hydrogen) atoms. The summed E-state index contributed by atoms with van der Waals surface area (Å²) in [5.41, 5.74) is 3.20. The third-order valence-corrected chi connectivity index (χ3v) is 4.12. The lowest BCUT2D eigenvalue weighted by atomic mass is 9.95. The molecule has 3 nitrogen and oxygen atoms in total. The molecular weight excluding hydrogens is 222 g/mol. The number of aromatic nitrogens is 1. The Morgan fingerprint density at radius 3 is 2.78 bits per heavy atom. The van der Waals surface area contributed by atoms with Gasteiger partial charge in [0, 0.05) is 11.7 Å². The quantitative estimate of drug-likeness (QED) is 0.865. The summed E-state index contributed by atoms with van der Waals surface area (Å²) >= 11 is 0. The van der Waals surface area contributed by atoms with Gasteiger partial charge in [0.2, 0.25) is 0 Å². The molecule has 0 amide bonds. The Labute approximate surface area is 108 Å². The summed E-state index contributed by atoms with van der Waals surface area (Å²) < 4.78 is 0. The minimum Gasteiger partial charge on any atom is -0.366 e. The molecular formula is C15H19N3. The Morgan fingerprint density at radius 2 is 2.00 bits per heavy atom. The van der Waals surface area contributed by atoms with Crippen LogP contribution in [-0.4, -0.2) is 11.0 Å². The maximum absolute atomic E-state index is 9.25. The number of pyridine rings is 1. The third kappa shape index (κ3) is 2.20. The van der Waals surface area contributed by atoms with Crippen molar-refractivity contribution < 1.29 is 0 Å². The summed E-state index contributed by atoms with van der Waals surface area (Å²) in [4.78, 5) is 4.68. The zero-order chi connectivity index (χ0) is 12.4. The molecule has 1 heterocycles. The number of anilines is 1. The second-order valence-electron chi connectivity index (χ2n) is 5.43. The highest BCUT2D eigenvalue weighted by molar-refractivity contribution is 5.55. The van der Waals surface area contributed by atoms with Crippen LogP contribution in [0.4, 0.5) is 5.82 Å². The van der Waals surface area contributed by atoms with Crippen molar-refractivity contribution >= 4 is 5.82 Å². The maximum atomic E-state index is 9.25. The predicted octanol–water partition coefficient (Wildman–Crippen LogP) is 3.19. The Morgan fingerprint density at radius 1 is 1.17 bits per heavy atom. The van der Waals surface area contributed by atoms with Crippen LogP contribution >= 0.6 is 0 Å². The maximum Gasteiger partial charge on any atom is 0.144 e. The van der Waals surface area contributed by atoms with Crippen LogP contribution in [0.3, 0.4) is 0 Å². The molecule has 0 saturated heterocycles. The van der Waals surface area contributed by atoms with E-state index in [1.54, 1.807) is 0 Å². The fourth-order valence-electron chi connectivity index (χ4n) is 3.11. The van der Waals surface area contributed by atoms with Gasteiger partial charge in [0.05, 0.1) is 5.56 Å². The molecule has 1 aromatic rings. The molecule has 0 atom stereocenters. The SMILES string of the molecule is N#Cc1cc2c(nc1NC1CCCCC1)CCC2. The van der Waals surface area contributed by atoms with Crippen molar-refractivity contribution in [3.8, 4) is 6.07 Å². The molecule has 2 aliphatic rings. The minimum absolute atomic E-state index is 0.512. The number of hydrogen-bond donors (Lipinski definition) is 1. The molecule has 94 valence electrons. The van der Waals surface area contributed by atoms with E-state index in [1.165, 1.54) is 49.8 Å². The van der Waals surface area contributed by atoms with E-state index in [9.17, 15) is 5.26 Å². The van der Waals surface area contributed by atoms with Gasteiger partial charge in [0.1, 0.15) is 11.9 Å². The van der Waals surface area contributed by atoms with Gasteiger partial charge in [-0.25, -0.2) is 4.98 Å². The van der Waals surface area contributed by atoms with Gasteiger partial charge in [-0.3, -0.25) is 0 Å². The Hall–Kier alpha value is -1.56. The molecule has 2 aliphatic carbocycles. The van der Waals surface area contributed by atoms with E-state index in [0.717, 1.165) is 24.2 Å². The van der Waals surface area contributed by atoms with Crippen molar-refractivity contribution in [3.63, 3.8) is 0 Å². The van der Waals surface area contributed by atoms with Crippen molar-refractivity contribution in [1.29, 1.82) is 5.26 Å². The van der Waals surface area contributed by atoms with Crippen molar-refractivity contribution in [1.82, 2.24) is 4.98 Å². The number of nitrogens with one attached hydrogen (secondary N) is 1. The molecule has 0 spiro atoms. The summed E-state index contributed by atoms with van der Waals surface area (Å²) in [6.07, 6.45) is 9.70. The van der Waals surface area contributed by atoms with Crippen molar-refractivity contribution in [2.24, 2.45) is 0 Å². The lowest BCUT2D eigenvalue weighted by Gasteiger charge is -2.24. The fourth-order valence-corrected chi connectivity index (χ4v) is 3.11. The summed E-state index contributed by atoms with van der Waals surface area (Å²) in [5, 5.41) is 12.7. The summed E-state index contributed by atoms with van der Waals surface area (Å²) in [6, 6.07) is 4.84. The lowest BCUT2D eigenvalue weighted by Crippen LogP contribution is -2.23. The number of nitriles is 1. The van der Waals surface area contributed by atoms with Crippen LogP contribution in [0.5, 0.6) is 0 Å². The topological polar surface area (TPSA) is 48.7 Å². The van der Waals surface area contributed by atoms with Gasteiger partial charge in [-0.05, 0) is 43.7 Å². The van der Waals surface area contributed by atoms with Gasteiger partial charge in [-0.1, -0.05) is 19.3 Å². The Balaban J connectivity index is 1.84.